The number of aromatic amines is 1. The smallest absolute Gasteiger partial charge is 0.410 e. The van der Waals surface area contributed by atoms with Gasteiger partial charge in [0.05, 0.1) is 5.39 Å². The first kappa shape index (κ1) is 32.2. The van der Waals surface area contributed by atoms with Crippen LogP contribution in [0, 0.1) is 17.4 Å². The first-order chi connectivity index (χ1) is 21.0. The molecule has 2 fully saturated rings. The van der Waals surface area contributed by atoms with Crippen molar-refractivity contribution < 1.29 is 26.7 Å². The Labute approximate surface area is 259 Å². The minimum absolute atomic E-state index is 0.0683. The Bertz CT molecular complexity index is 1810. The van der Waals surface area contributed by atoms with Gasteiger partial charge in [0.1, 0.15) is 48.0 Å². The van der Waals surface area contributed by atoms with Crippen molar-refractivity contribution in [2.45, 2.75) is 51.7 Å². The third-order valence-electron chi connectivity index (χ3n) is 8.17. The molecular weight excluding hydrogens is 608 g/mol. The zero-order chi connectivity index (χ0) is 32.8. The van der Waals surface area contributed by atoms with Gasteiger partial charge in [0.2, 0.25) is 5.69 Å². The normalized spacial score (nSPS) is 18.9. The van der Waals surface area contributed by atoms with Crippen LogP contribution in [0.25, 0.3) is 11.0 Å². The van der Waals surface area contributed by atoms with Crippen molar-refractivity contribution in [3.8, 4) is 6.19 Å². The predicted octanol–water partition coefficient (Wildman–Crippen LogP) is 4.06. The summed E-state index contributed by atoms with van der Waals surface area (Å²) in [6, 6.07) is 7.08. The average molecular weight is 645 g/mol. The van der Waals surface area contributed by atoms with E-state index < -0.39 is 50.0 Å². The van der Waals surface area contributed by atoms with E-state index in [0.717, 1.165) is 0 Å². The standard InChI is InChI=1S/C30H35F2N7O5S/c1-19(21-6-5-7-22(12-21)30(31,32)14-20-15-38(16-20)28(41)44-29(2,3)4)36-25-23-13-24(27(40)37-26(23)35-18-34-25)39(17-33)8-10-45(42,43)11-9-39/h5-7,12-13,18-20H,8-11,14-16H2,1-4H3,(H-,34,35,36,37,40)/p+1/t19-/m1/s1. The van der Waals surface area contributed by atoms with Crippen LogP contribution in [-0.4, -0.2) is 77.6 Å². The molecule has 2 N–H and O–H groups in total. The Hall–Kier alpha value is -4.16. The number of carbonyl (C=O) groups is 1. The monoisotopic (exact) mass is 644 g/mol. The van der Waals surface area contributed by atoms with E-state index in [4.69, 9.17) is 4.74 Å². The average Bonchev–Trinajstić information content (AvgIpc) is 2.94. The minimum atomic E-state index is -3.30. The van der Waals surface area contributed by atoms with Crippen LogP contribution in [0.15, 0.2) is 41.5 Å². The molecule has 2 saturated heterocycles. The summed E-state index contributed by atoms with van der Waals surface area (Å²) in [5.41, 5.74) is -0.521. The van der Waals surface area contributed by atoms with Crippen LogP contribution < -0.4 is 15.4 Å². The molecule has 0 aliphatic carbocycles. The molecule has 15 heteroatoms. The number of amides is 1. The summed E-state index contributed by atoms with van der Waals surface area (Å²) >= 11 is 0. The number of pyridine rings is 1. The van der Waals surface area contributed by atoms with Gasteiger partial charge in [-0.25, -0.2) is 32.0 Å². The lowest BCUT2D eigenvalue weighted by molar-refractivity contribution is -0.0612. The number of carbonyl (C=O) groups excluding carboxylic acids is 1. The fraction of sp³-hybridized carbons (Fsp3) is 0.500. The molecule has 2 aliphatic heterocycles. The number of H-pyrrole nitrogens is 1. The number of fused-ring (bicyclic) bond motifs is 1. The lowest BCUT2D eigenvalue weighted by Gasteiger charge is -2.41. The summed E-state index contributed by atoms with van der Waals surface area (Å²) in [6.45, 7) is 7.30. The van der Waals surface area contributed by atoms with E-state index in [1.54, 1.807) is 39.8 Å². The fourth-order valence-corrected chi connectivity index (χ4v) is 7.00. The van der Waals surface area contributed by atoms with Crippen LogP contribution in [0.2, 0.25) is 0 Å². The van der Waals surface area contributed by atoms with E-state index in [0.29, 0.717) is 16.8 Å². The van der Waals surface area contributed by atoms with Crippen LogP contribution in [0.4, 0.5) is 25.1 Å². The van der Waals surface area contributed by atoms with Gasteiger partial charge in [0.25, 0.3) is 5.92 Å². The SMILES string of the molecule is C[C@@H](Nc1ncnc2[nH]c(=O)c([N+]3(C#N)CCS(=O)(=O)CC3)cc12)c1cccc(C(F)(F)CC2CN(C(=O)OC(C)(C)C)C2)c1. The fourth-order valence-electron chi connectivity index (χ4n) is 5.62. The van der Waals surface area contributed by atoms with Gasteiger partial charge in [0.15, 0.2) is 9.84 Å². The van der Waals surface area contributed by atoms with E-state index in [1.165, 1.54) is 29.4 Å². The molecule has 1 atom stereocenters. The summed E-state index contributed by atoms with van der Waals surface area (Å²) in [5.74, 6) is -3.65. The molecule has 0 saturated carbocycles. The van der Waals surface area contributed by atoms with Crippen molar-refractivity contribution in [2.75, 3.05) is 43.0 Å². The molecule has 1 amide bonds. The van der Waals surface area contributed by atoms with Crippen molar-refractivity contribution in [1.82, 2.24) is 24.3 Å². The third kappa shape index (κ3) is 6.91. The number of nitriles is 1. The second-order valence-electron chi connectivity index (χ2n) is 12.8. The maximum Gasteiger partial charge on any atom is 0.410 e. The summed E-state index contributed by atoms with van der Waals surface area (Å²) in [7, 11) is -3.30. The minimum Gasteiger partial charge on any atom is -0.444 e. The number of hydrogen-bond donors (Lipinski definition) is 2. The Morgan fingerprint density at radius 3 is 2.56 bits per heavy atom. The zero-order valence-electron chi connectivity index (χ0n) is 25.5. The topological polar surface area (TPSA) is 158 Å². The van der Waals surface area contributed by atoms with Crippen molar-refractivity contribution in [3.05, 3.63) is 58.1 Å². The second kappa shape index (κ2) is 11.6. The van der Waals surface area contributed by atoms with Gasteiger partial charge in [-0.2, -0.15) is 4.48 Å². The van der Waals surface area contributed by atoms with Crippen molar-refractivity contribution in [2.24, 2.45) is 5.92 Å². The zero-order valence-corrected chi connectivity index (χ0v) is 26.3. The molecule has 45 heavy (non-hydrogen) atoms. The first-order valence-corrected chi connectivity index (χ1v) is 16.4. The number of sulfone groups is 1. The molecule has 0 unspecified atom stereocenters. The molecule has 12 nitrogen and oxygen atoms in total. The van der Waals surface area contributed by atoms with Gasteiger partial charge in [-0.3, -0.25) is 4.79 Å². The van der Waals surface area contributed by atoms with Gasteiger partial charge >= 0.3 is 17.8 Å². The molecule has 2 aromatic heterocycles. The van der Waals surface area contributed by atoms with Gasteiger partial charge in [0, 0.05) is 43.1 Å². The maximum atomic E-state index is 15.4. The Balaban J connectivity index is 1.33. The molecule has 0 spiro atoms. The highest BCUT2D eigenvalue weighted by atomic mass is 32.2. The van der Waals surface area contributed by atoms with E-state index in [2.05, 4.69) is 26.5 Å². The number of quaternary nitrogens is 1. The summed E-state index contributed by atoms with van der Waals surface area (Å²) in [6.07, 6.45) is 2.45. The highest BCUT2D eigenvalue weighted by Gasteiger charge is 2.43. The highest BCUT2D eigenvalue weighted by Crippen LogP contribution is 2.39. The summed E-state index contributed by atoms with van der Waals surface area (Å²) < 4.78 is 59.7. The van der Waals surface area contributed by atoms with Crippen LogP contribution in [0.5, 0.6) is 0 Å². The number of rotatable bonds is 7. The molecule has 4 heterocycles. The van der Waals surface area contributed by atoms with E-state index >= 15 is 8.78 Å². The van der Waals surface area contributed by atoms with Crippen molar-refractivity contribution in [3.63, 3.8) is 0 Å². The molecular formula is C30H36F2N7O5S+. The largest absolute Gasteiger partial charge is 0.444 e. The first-order valence-electron chi connectivity index (χ1n) is 14.6. The molecule has 0 bridgehead atoms. The number of ether oxygens (including phenoxy) is 1. The van der Waals surface area contributed by atoms with E-state index in [1.807, 2.05) is 0 Å². The number of nitrogens with one attached hydrogen (secondary N) is 2. The Morgan fingerprint density at radius 1 is 1.22 bits per heavy atom. The Kier molecular flexibility index (Phi) is 8.34. The van der Waals surface area contributed by atoms with Crippen LogP contribution >= 0.6 is 0 Å². The number of anilines is 1. The highest BCUT2D eigenvalue weighted by molar-refractivity contribution is 7.91. The van der Waals surface area contributed by atoms with E-state index in [-0.39, 0.29) is 60.5 Å². The summed E-state index contributed by atoms with van der Waals surface area (Å²) in [4.78, 5) is 37.7. The number of likely N-dealkylation sites (tertiary alicyclic amines) is 1. The molecule has 0 radical (unpaired) electrons. The second-order valence-corrected chi connectivity index (χ2v) is 15.1. The van der Waals surface area contributed by atoms with Crippen molar-refractivity contribution >= 4 is 38.5 Å². The number of nitrogens with zero attached hydrogens (tertiary/aromatic N) is 5. The maximum absolute atomic E-state index is 15.4. The molecule has 3 aromatic rings. The number of halogens is 2. The van der Waals surface area contributed by atoms with Gasteiger partial charge < -0.3 is 19.9 Å². The lowest BCUT2D eigenvalue weighted by Crippen LogP contribution is -2.56. The van der Waals surface area contributed by atoms with E-state index in [9.17, 15) is 23.3 Å². The number of aromatic nitrogens is 3. The lowest BCUT2D eigenvalue weighted by atomic mass is 9.89. The van der Waals surface area contributed by atoms with Crippen LogP contribution in [0.3, 0.4) is 0 Å². The molecule has 5 rings (SSSR count). The molecule has 2 aliphatic rings. The summed E-state index contributed by atoms with van der Waals surface area (Å²) in [5, 5.41) is 13.6. The van der Waals surface area contributed by atoms with Crippen LogP contribution in [0.1, 0.15) is 51.3 Å². The van der Waals surface area contributed by atoms with Crippen molar-refractivity contribution in [1.29, 1.82) is 5.26 Å². The van der Waals surface area contributed by atoms with Crippen LogP contribution in [-0.2, 0) is 20.5 Å². The van der Waals surface area contributed by atoms with Gasteiger partial charge in [-0.1, -0.05) is 18.2 Å². The number of benzene rings is 1. The quantitative estimate of drug-likeness (QED) is 0.286. The predicted molar refractivity (Wildman–Crippen MR) is 164 cm³/mol. The van der Waals surface area contributed by atoms with Gasteiger partial charge in [-0.15, -0.1) is 5.26 Å². The number of alkyl halides is 2. The third-order valence-corrected chi connectivity index (χ3v) is 9.78. The van der Waals surface area contributed by atoms with Gasteiger partial charge in [-0.05, 0) is 39.3 Å². The number of hydrogen-bond acceptors (Lipinski definition) is 9. The molecule has 1 aromatic carbocycles. The molecule has 240 valence electrons. The Morgan fingerprint density at radius 2 is 1.91 bits per heavy atom.